The molecule has 0 saturated carbocycles. The Morgan fingerprint density at radius 2 is 2.07 bits per heavy atom. The zero-order chi connectivity index (χ0) is 18.5. The van der Waals surface area contributed by atoms with Crippen LogP contribution in [0.4, 0.5) is 5.69 Å². The number of carbonyl (C=O) groups excluding carboxylic acids is 1. The van der Waals surface area contributed by atoms with Crippen LogP contribution in [-0.2, 0) is 4.79 Å². The molecule has 140 valence electrons. The van der Waals surface area contributed by atoms with Crippen molar-refractivity contribution in [2.45, 2.75) is 37.8 Å². The van der Waals surface area contributed by atoms with E-state index < -0.39 is 0 Å². The maximum Gasteiger partial charge on any atom is 0.161 e. The molecule has 2 aromatic rings. The van der Waals surface area contributed by atoms with Gasteiger partial charge in [0.05, 0.1) is 24.0 Å². The summed E-state index contributed by atoms with van der Waals surface area (Å²) in [4.78, 5) is 12.7. The van der Waals surface area contributed by atoms with E-state index in [0.29, 0.717) is 12.5 Å². The van der Waals surface area contributed by atoms with E-state index in [2.05, 4.69) is 33.4 Å². The summed E-state index contributed by atoms with van der Waals surface area (Å²) >= 11 is 2.02. The molecule has 0 radical (unpaired) electrons. The van der Waals surface area contributed by atoms with Gasteiger partial charge in [-0.05, 0) is 41.9 Å². The number of anilines is 1. The molecule has 4 nitrogen and oxygen atoms in total. The second-order valence-electron chi connectivity index (χ2n) is 7.11. The van der Waals surface area contributed by atoms with E-state index in [0.717, 1.165) is 23.2 Å². The number of nitrogens with one attached hydrogen (secondary N) is 1. The Morgan fingerprint density at radius 3 is 2.81 bits per heavy atom. The van der Waals surface area contributed by atoms with E-state index in [9.17, 15) is 4.79 Å². The molecule has 0 amide bonds. The van der Waals surface area contributed by atoms with Gasteiger partial charge in [0.25, 0.3) is 0 Å². The van der Waals surface area contributed by atoms with Crippen LogP contribution in [0.5, 0.6) is 0 Å². The first kappa shape index (κ1) is 18.1. The lowest BCUT2D eigenvalue weighted by Crippen LogP contribution is -2.17. The molecule has 1 atom stereocenters. The van der Waals surface area contributed by atoms with Gasteiger partial charge in [-0.2, -0.15) is 16.9 Å². The molecule has 2 aliphatic rings. The number of thioether (sulfide) groups is 1. The van der Waals surface area contributed by atoms with Crippen molar-refractivity contribution in [2.75, 3.05) is 16.8 Å². The van der Waals surface area contributed by atoms with Gasteiger partial charge in [0, 0.05) is 12.6 Å². The van der Waals surface area contributed by atoms with E-state index >= 15 is 0 Å². The summed E-state index contributed by atoms with van der Waals surface area (Å²) < 4.78 is 2.09. The second-order valence-corrected chi connectivity index (χ2v) is 8.34. The minimum Gasteiger partial charge on any atom is -0.375 e. The van der Waals surface area contributed by atoms with Crippen molar-refractivity contribution in [3.63, 3.8) is 0 Å². The summed E-state index contributed by atoms with van der Waals surface area (Å²) in [5.41, 5.74) is 3.00. The van der Waals surface area contributed by atoms with E-state index in [4.69, 9.17) is 0 Å². The van der Waals surface area contributed by atoms with Crippen LogP contribution in [0.1, 0.15) is 43.3 Å². The molecule has 1 aliphatic carbocycles. The molecule has 0 bridgehead atoms. The highest BCUT2D eigenvalue weighted by Crippen LogP contribution is 2.29. The van der Waals surface area contributed by atoms with E-state index in [1.807, 2.05) is 54.4 Å². The maximum absolute atomic E-state index is 12.7. The second kappa shape index (κ2) is 8.61. The molecule has 2 heterocycles. The molecule has 1 saturated heterocycles. The smallest absolute Gasteiger partial charge is 0.161 e. The number of nitrogens with zero attached hydrogens (tertiary/aromatic N) is 2. The molecule has 0 spiro atoms. The lowest BCUT2D eigenvalue weighted by Gasteiger charge is -2.22. The predicted octanol–water partition coefficient (Wildman–Crippen LogP) is 4.95. The quantitative estimate of drug-likeness (QED) is 0.739. The number of Topliss-reactive ketones (excluding diaryl/α,β-unsaturated/α-hetero) is 1. The summed E-state index contributed by atoms with van der Waals surface area (Å²) in [6, 6.07) is 10.6. The highest BCUT2D eigenvalue weighted by Gasteiger charge is 2.21. The molecule has 5 heteroatoms. The van der Waals surface area contributed by atoms with Gasteiger partial charge in [-0.25, -0.2) is 0 Å². The van der Waals surface area contributed by atoms with Gasteiger partial charge in [-0.1, -0.05) is 48.6 Å². The topological polar surface area (TPSA) is 46.9 Å². The first-order valence-electron chi connectivity index (χ1n) is 9.62. The standard InChI is InChI=1S/C22H25N3OS/c26-22(18-8-4-5-9-18)14-21(17-6-2-1-3-7-17)24-19-15-23-25(16-19)20-10-12-27-13-11-20/h1-8,15-16,20-21,24H,9-14H2. The van der Waals surface area contributed by atoms with Gasteiger partial charge in [0.15, 0.2) is 5.78 Å². The van der Waals surface area contributed by atoms with Crippen LogP contribution in [0.3, 0.4) is 0 Å². The fourth-order valence-electron chi connectivity index (χ4n) is 3.67. The Balaban J connectivity index is 1.49. The van der Waals surface area contributed by atoms with Crippen molar-refractivity contribution in [2.24, 2.45) is 0 Å². The van der Waals surface area contributed by atoms with Crippen LogP contribution < -0.4 is 5.32 Å². The zero-order valence-corrected chi connectivity index (χ0v) is 16.2. The van der Waals surface area contributed by atoms with E-state index in [1.165, 1.54) is 24.3 Å². The Hall–Kier alpha value is -2.27. The number of aromatic nitrogens is 2. The van der Waals surface area contributed by atoms with Crippen molar-refractivity contribution in [1.29, 1.82) is 0 Å². The summed E-state index contributed by atoms with van der Waals surface area (Å²) in [7, 11) is 0. The van der Waals surface area contributed by atoms with Crippen LogP contribution in [0, 0.1) is 0 Å². The van der Waals surface area contributed by atoms with Gasteiger partial charge < -0.3 is 5.32 Å². The molecular weight excluding hydrogens is 354 g/mol. The van der Waals surface area contributed by atoms with Crippen LogP contribution in [0.15, 0.2) is 66.5 Å². The van der Waals surface area contributed by atoms with Crippen molar-refractivity contribution in [1.82, 2.24) is 9.78 Å². The Kier molecular flexibility index (Phi) is 5.78. The largest absolute Gasteiger partial charge is 0.375 e. The summed E-state index contributed by atoms with van der Waals surface area (Å²) in [5.74, 6) is 2.62. The lowest BCUT2D eigenvalue weighted by atomic mass is 9.97. The minimum absolute atomic E-state index is 0.0558. The van der Waals surface area contributed by atoms with Gasteiger partial charge >= 0.3 is 0 Å². The summed E-state index contributed by atoms with van der Waals surface area (Å²) in [6.07, 6.45) is 13.5. The van der Waals surface area contributed by atoms with Crippen molar-refractivity contribution in [3.8, 4) is 0 Å². The number of allylic oxidation sites excluding steroid dienone is 4. The molecule has 1 aromatic heterocycles. The monoisotopic (exact) mass is 379 g/mol. The average molecular weight is 380 g/mol. The molecule has 1 aliphatic heterocycles. The number of ketones is 1. The van der Waals surface area contributed by atoms with E-state index in [-0.39, 0.29) is 11.8 Å². The van der Waals surface area contributed by atoms with Crippen LogP contribution in [0.2, 0.25) is 0 Å². The molecule has 1 fully saturated rings. The molecule has 4 rings (SSSR count). The Morgan fingerprint density at radius 1 is 1.26 bits per heavy atom. The average Bonchev–Trinajstić information content (AvgIpc) is 3.41. The number of hydrogen-bond donors (Lipinski definition) is 1. The van der Waals surface area contributed by atoms with Crippen molar-refractivity contribution < 1.29 is 4.79 Å². The first-order valence-corrected chi connectivity index (χ1v) is 10.8. The fraction of sp³-hybridized carbons (Fsp3) is 0.364. The molecule has 1 unspecified atom stereocenters. The summed E-state index contributed by atoms with van der Waals surface area (Å²) in [6.45, 7) is 0. The van der Waals surface area contributed by atoms with Crippen LogP contribution in [-0.4, -0.2) is 27.1 Å². The number of hydrogen-bond acceptors (Lipinski definition) is 4. The predicted molar refractivity (Wildman–Crippen MR) is 112 cm³/mol. The lowest BCUT2D eigenvalue weighted by molar-refractivity contribution is -0.115. The van der Waals surface area contributed by atoms with Gasteiger partial charge in [0.2, 0.25) is 0 Å². The zero-order valence-electron chi connectivity index (χ0n) is 15.4. The maximum atomic E-state index is 12.7. The molecule has 27 heavy (non-hydrogen) atoms. The van der Waals surface area contributed by atoms with Crippen molar-refractivity contribution in [3.05, 3.63) is 72.1 Å². The SMILES string of the molecule is O=C(CC(Nc1cnn(C2CCSCC2)c1)c1ccccc1)C1=CC=CC1. The highest BCUT2D eigenvalue weighted by atomic mass is 32.2. The number of rotatable bonds is 7. The van der Waals surface area contributed by atoms with Gasteiger partial charge in [0.1, 0.15) is 0 Å². The fourth-order valence-corrected chi connectivity index (χ4v) is 4.75. The molecule has 1 aromatic carbocycles. The molecule has 1 N–H and O–H groups in total. The number of carbonyl (C=O) groups is 1. The third kappa shape index (κ3) is 4.53. The van der Waals surface area contributed by atoms with Crippen molar-refractivity contribution >= 4 is 23.2 Å². The van der Waals surface area contributed by atoms with Crippen LogP contribution >= 0.6 is 11.8 Å². The highest BCUT2D eigenvalue weighted by molar-refractivity contribution is 7.99. The van der Waals surface area contributed by atoms with Gasteiger partial charge in [-0.3, -0.25) is 9.48 Å². The Bertz CT molecular complexity index is 834. The number of benzene rings is 1. The normalized spacial score (nSPS) is 18.3. The van der Waals surface area contributed by atoms with Gasteiger partial charge in [-0.15, -0.1) is 0 Å². The summed E-state index contributed by atoms with van der Waals surface area (Å²) in [5, 5.41) is 8.13. The third-order valence-corrected chi connectivity index (χ3v) is 6.28. The van der Waals surface area contributed by atoms with E-state index in [1.54, 1.807) is 0 Å². The molecular formula is C22H25N3OS. The first-order chi connectivity index (χ1) is 13.3. The third-order valence-electron chi connectivity index (χ3n) is 5.23. The minimum atomic E-state index is -0.0558. The van der Waals surface area contributed by atoms with Crippen LogP contribution in [0.25, 0.3) is 0 Å². The Labute approximate surface area is 164 Å².